The van der Waals surface area contributed by atoms with Crippen LogP contribution in [0.3, 0.4) is 0 Å². The zero-order chi connectivity index (χ0) is 14.9. The van der Waals surface area contributed by atoms with Crippen LogP contribution >= 0.6 is 11.3 Å². The molecule has 2 aromatic heterocycles. The molecule has 0 atom stereocenters. The average molecular weight is 308 g/mol. The monoisotopic (exact) mass is 308 g/mol. The van der Waals surface area contributed by atoms with Crippen molar-refractivity contribution in [2.75, 3.05) is 18.0 Å². The molecular formula is C19H20N2S. The van der Waals surface area contributed by atoms with Gasteiger partial charge in [-0.2, -0.15) is 0 Å². The van der Waals surface area contributed by atoms with Crippen molar-refractivity contribution in [1.29, 1.82) is 0 Å². The van der Waals surface area contributed by atoms with Crippen LogP contribution in [0.2, 0.25) is 0 Å². The molecule has 22 heavy (non-hydrogen) atoms. The molecule has 0 spiro atoms. The maximum absolute atomic E-state index is 4.83. The van der Waals surface area contributed by atoms with Gasteiger partial charge in [0.1, 0.15) is 5.82 Å². The van der Waals surface area contributed by atoms with Gasteiger partial charge in [0, 0.05) is 13.1 Å². The minimum atomic E-state index is 0.698. The lowest BCUT2D eigenvalue weighted by Gasteiger charge is -2.33. The first-order chi connectivity index (χ1) is 10.8. The van der Waals surface area contributed by atoms with Crippen LogP contribution in [0.1, 0.15) is 30.0 Å². The highest BCUT2D eigenvalue weighted by Crippen LogP contribution is 2.32. The second-order valence-corrected chi connectivity index (χ2v) is 6.99. The first kappa shape index (κ1) is 13.8. The van der Waals surface area contributed by atoms with Gasteiger partial charge < -0.3 is 4.90 Å². The highest BCUT2D eigenvalue weighted by molar-refractivity contribution is 7.17. The fourth-order valence-electron chi connectivity index (χ4n) is 3.45. The number of aryl methyl sites for hydroxylation is 1. The Labute approximate surface area is 135 Å². The van der Waals surface area contributed by atoms with Crippen LogP contribution in [0.4, 0.5) is 5.82 Å². The van der Waals surface area contributed by atoms with Crippen molar-refractivity contribution in [3.63, 3.8) is 0 Å². The number of piperidine rings is 1. The van der Waals surface area contributed by atoms with Gasteiger partial charge in [-0.1, -0.05) is 30.3 Å². The zero-order valence-electron chi connectivity index (χ0n) is 12.8. The summed E-state index contributed by atoms with van der Waals surface area (Å²) >= 11 is 1.79. The summed E-state index contributed by atoms with van der Waals surface area (Å²) in [5.41, 5.74) is 2.65. The molecule has 0 saturated carbocycles. The van der Waals surface area contributed by atoms with Crippen LogP contribution in [-0.2, 0) is 0 Å². The van der Waals surface area contributed by atoms with Gasteiger partial charge in [0.2, 0.25) is 0 Å². The Bertz CT molecular complexity index is 770. The number of anilines is 1. The molecule has 1 aliphatic heterocycles. The largest absolute Gasteiger partial charge is 0.357 e. The number of hydrogen-bond donors (Lipinski definition) is 0. The summed E-state index contributed by atoms with van der Waals surface area (Å²) in [4.78, 5) is 7.28. The molecule has 2 nitrogen and oxygen atoms in total. The quantitative estimate of drug-likeness (QED) is 0.663. The van der Waals surface area contributed by atoms with Crippen LogP contribution in [0.5, 0.6) is 0 Å². The highest BCUT2D eigenvalue weighted by atomic mass is 32.1. The number of nitrogens with zero attached hydrogens (tertiary/aromatic N) is 2. The van der Waals surface area contributed by atoms with Crippen molar-refractivity contribution in [2.45, 2.75) is 25.7 Å². The molecule has 3 aromatic rings. The smallest absolute Gasteiger partial charge is 0.129 e. The molecule has 112 valence electrons. The number of hydrogen-bond acceptors (Lipinski definition) is 3. The average Bonchev–Trinajstić information content (AvgIpc) is 3.05. The van der Waals surface area contributed by atoms with E-state index in [0.717, 1.165) is 24.6 Å². The van der Waals surface area contributed by atoms with Gasteiger partial charge in [0.15, 0.2) is 0 Å². The summed E-state index contributed by atoms with van der Waals surface area (Å²) in [5, 5.41) is 3.49. The van der Waals surface area contributed by atoms with E-state index in [4.69, 9.17) is 4.98 Å². The van der Waals surface area contributed by atoms with Gasteiger partial charge in [-0.25, -0.2) is 4.98 Å². The van der Waals surface area contributed by atoms with Gasteiger partial charge in [-0.05, 0) is 54.1 Å². The standard InChI is InChI=1S/C19H20N2S/c1-14-19-17(9-12-22-19)13-18(20-14)21-10-7-16(8-11-21)15-5-3-2-4-6-15/h2-6,9,12-13,16H,7-8,10-11H2,1H3. The van der Waals surface area contributed by atoms with Crippen LogP contribution in [-0.4, -0.2) is 18.1 Å². The fraction of sp³-hybridized carbons (Fsp3) is 0.316. The van der Waals surface area contributed by atoms with Crippen LogP contribution in [0, 0.1) is 6.92 Å². The third kappa shape index (κ3) is 2.50. The molecule has 4 rings (SSSR count). The van der Waals surface area contributed by atoms with E-state index in [9.17, 15) is 0 Å². The molecule has 3 heterocycles. The maximum atomic E-state index is 4.83. The van der Waals surface area contributed by atoms with Crippen molar-refractivity contribution in [2.24, 2.45) is 0 Å². The van der Waals surface area contributed by atoms with Crippen LogP contribution < -0.4 is 4.90 Å². The molecule has 0 N–H and O–H groups in total. The maximum Gasteiger partial charge on any atom is 0.129 e. The lowest BCUT2D eigenvalue weighted by molar-refractivity contribution is 0.503. The van der Waals surface area contributed by atoms with E-state index in [2.05, 4.69) is 59.7 Å². The van der Waals surface area contributed by atoms with Crippen LogP contribution in [0.25, 0.3) is 10.1 Å². The second kappa shape index (κ2) is 5.73. The number of fused-ring (bicyclic) bond motifs is 1. The molecule has 1 saturated heterocycles. The molecule has 0 bridgehead atoms. The lowest BCUT2D eigenvalue weighted by Crippen LogP contribution is -2.33. The van der Waals surface area contributed by atoms with E-state index in [1.807, 2.05) is 0 Å². The lowest BCUT2D eigenvalue weighted by atomic mass is 9.89. The second-order valence-electron chi connectivity index (χ2n) is 6.08. The minimum Gasteiger partial charge on any atom is -0.357 e. The number of rotatable bonds is 2. The topological polar surface area (TPSA) is 16.1 Å². The van der Waals surface area contributed by atoms with E-state index in [1.165, 1.54) is 28.5 Å². The number of benzene rings is 1. The van der Waals surface area contributed by atoms with Crippen molar-refractivity contribution < 1.29 is 0 Å². The Morgan fingerprint density at radius 3 is 2.64 bits per heavy atom. The molecule has 0 unspecified atom stereocenters. The Kier molecular flexibility index (Phi) is 3.59. The molecule has 0 radical (unpaired) electrons. The summed E-state index contributed by atoms with van der Waals surface area (Å²) in [6.07, 6.45) is 2.43. The van der Waals surface area contributed by atoms with Gasteiger partial charge >= 0.3 is 0 Å². The zero-order valence-corrected chi connectivity index (χ0v) is 13.6. The van der Waals surface area contributed by atoms with E-state index in [-0.39, 0.29) is 0 Å². The minimum absolute atomic E-state index is 0.698. The van der Waals surface area contributed by atoms with Crippen molar-refractivity contribution in [1.82, 2.24) is 4.98 Å². The van der Waals surface area contributed by atoms with E-state index in [1.54, 1.807) is 11.3 Å². The third-order valence-corrected chi connectivity index (χ3v) is 5.72. The first-order valence-corrected chi connectivity index (χ1v) is 8.84. The SMILES string of the molecule is Cc1nc(N2CCC(c3ccccc3)CC2)cc2ccsc12. The Balaban J connectivity index is 1.53. The Morgan fingerprint density at radius 2 is 1.86 bits per heavy atom. The van der Waals surface area contributed by atoms with Crippen molar-refractivity contribution >= 4 is 27.2 Å². The summed E-state index contributed by atoms with van der Waals surface area (Å²) in [6, 6.07) is 15.4. The van der Waals surface area contributed by atoms with E-state index < -0.39 is 0 Å². The number of aromatic nitrogens is 1. The van der Waals surface area contributed by atoms with Gasteiger partial charge in [-0.15, -0.1) is 11.3 Å². The van der Waals surface area contributed by atoms with E-state index in [0.29, 0.717) is 5.92 Å². The molecule has 1 aliphatic rings. The molecule has 0 amide bonds. The van der Waals surface area contributed by atoms with Gasteiger partial charge in [-0.3, -0.25) is 0 Å². The summed E-state index contributed by atoms with van der Waals surface area (Å²) in [7, 11) is 0. The fourth-order valence-corrected chi connectivity index (χ4v) is 4.28. The molecule has 1 fully saturated rings. The highest BCUT2D eigenvalue weighted by Gasteiger charge is 2.21. The molecular weight excluding hydrogens is 288 g/mol. The Hall–Kier alpha value is -1.87. The van der Waals surface area contributed by atoms with E-state index >= 15 is 0 Å². The number of thiophene rings is 1. The summed E-state index contributed by atoms with van der Waals surface area (Å²) in [5.74, 6) is 1.85. The summed E-state index contributed by atoms with van der Waals surface area (Å²) < 4.78 is 1.32. The van der Waals surface area contributed by atoms with Crippen LogP contribution in [0.15, 0.2) is 47.8 Å². The normalized spacial score (nSPS) is 16.3. The van der Waals surface area contributed by atoms with Gasteiger partial charge in [0.25, 0.3) is 0 Å². The molecule has 3 heteroatoms. The third-order valence-electron chi connectivity index (χ3n) is 4.68. The van der Waals surface area contributed by atoms with Gasteiger partial charge in [0.05, 0.1) is 10.4 Å². The first-order valence-electron chi connectivity index (χ1n) is 7.96. The van der Waals surface area contributed by atoms with Crippen molar-refractivity contribution in [3.8, 4) is 0 Å². The predicted octanol–water partition coefficient (Wildman–Crippen LogP) is 4.99. The van der Waals surface area contributed by atoms with Crippen molar-refractivity contribution in [3.05, 3.63) is 59.1 Å². The number of pyridine rings is 1. The molecule has 0 aliphatic carbocycles. The molecule has 1 aromatic carbocycles. The predicted molar refractivity (Wildman–Crippen MR) is 95.0 cm³/mol. The Morgan fingerprint density at radius 1 is 1.09 bits per heavy atom. The summed E-state index contributed by atoms with van der Waals surface area (Å²) in [6.45, 7) is 4.32.